The zero-order chi connectivity index (χ0) is 13.8. The number of nitrogens with one attached hydrogen (secondary N) is 1. The van der Waals surface area contributed by atoms with E-state index in [1.165, 1.54) is 0 Å². The molecule has 0 spiro atoms. The van der Waals surface area contributed by atoms with E-state index in [0.29, 0.717) is 6.61 Å². The summed E-state index contributed by atoms with van der Waals surface area (Å²) in [6.45, 7) is 4.40. The van der Waals surface area contributed by atoms with Crippen molar-refractivity contribution in [2.24, 2.45) is 5.92 Å². The van der Waals surface area contributed by atoms with Crippen molar-refractivity contribution in [1.82, 2.24) is 0 Å². The molecular weight excluding hydrogens is 242 g/mol. The van der Waals surface area contributed by atoms with Crippen molar-refractivity contribution in [1.29, 1.82) is 0 Å². The van der Waals surface area contributed by atoms with Gasteiger partial charge in [0.2, 0.25) is 5.91 Å². The van der Waals surface area contributed by atoms with Crippen LogP contribution in [0.1, 0.15) is 38.4 Å². The Balaban J connectivity index is 2.04. The fourth-order valence-electron chi connectivity index (χ4n) is 2.46. The van der Waals surface area contributed by atoms with Gasteiger partial charge in [-0.25, -0.2) is 0 Å². The summed E-state index contributed by atoms with van der Waals surface area (Å²) < 4.78 is 5.53. The maximum absolute atomic E-state index is 12.2. The Labute approximate surface area is 113 Å². The molecule has 19 heavy (non-hydrogen) atoms. The number of amides is 1. The quantitative estimate of drug-likeness (QED) is 0.877. The summed E-state index contributed by atoms with van der Waals surface area (Å²) in [5.41, 5.74) is 1.53. The van der Waals surface area contributed by atoms with Crippen molar-refractivity contribution >= 4 is 11.6 Å². The van der Waals surface area contributed by atoms with Crippen molar-refractivity contribution in [3.63, 3.8) is 0 Å². The van der Waals surface area contributed by atoms with Crippen molar-refractivity contribution < 1.29 is 14.6 Å². The van der Waals surface area contributed by atoms with E-state index in [9.17, 15) is 9.90 Å². The molecule has 0 aliphatic carbocycles. The highest BCUT2D eigenvalue weighted by Gasteiger charge is 2.32. The largest absolute Gasteiger partial charge is 0.389 e. The van der Waals surface area contributed by atoms with Crippen LogP contribution >= 0.6 is 0 Å². The second-order valence-electron chi connectivity index (χ2n) is 5.00. The van der Waals surface area contributed by atoms with Gasteiger partial charge in [-0.1, -0.05) is 19.1 Å². The monoisotopic (exact) mass is 263 g/mol. The molecule has 3 unspecified atom stereocenters. The van der Waals surface area contributed by atoms with Crippen LogP contribution in [0.15, 0.2) is 24.3 Å². The van der Waals surface area contributed by atoms with E-state index < -0.39 is 6.10 Å². The molecule has 2 rings (SSSR count). The molecule has 0 radical (unpaired) electrons. The maximum Gasteiger partial charge on any atom is 0.230 e. The van der Waals surface area contributed by atoms with E-state index in [1.807, 2.05) is 25.1 Å². The Kier molecular flexibility index (Phi) is 4.56. The molecule has 2 N–H and O–H groups in total. The molecule has 1 amide bonds. The maximum atomic E-state index is 12.2. The summed E-state index contributed by atoms with van der Waals surface area (Å²) in [7, 11) is 0. The lowest BCUT2D eigenvalue weighted by molar-refractivity contribution is -0.121. The minimum atomic E-state index is -0.532. The molecule has 1 aromatic rings. The third-order valence-corrected chi connectivity index (χ3v) is 3.59. The number of ether oxygens (including phenoxy) is 1. The van der Waals surface area contributed by atoms with Crippen LogP contribution in [-0.2, 0) is 9.53 Å². The highest BCUT2D eigenvalue weighted by atomic mass is 16.5. The predicted octanol–water partition coefficient (Wildman–Crippen LogP) is 2.49. The van der Waals surface area contributed by atoms with Crippen LogP contribution in [0, 0.1) is 5.92 Å². The van der Waals surface area contributed by atoms with Gasteiger partial charge in [0.15, 0.2) is 0 Å². The first-order valence-electron chi connectivity index (χ1n) is 6.82. The summed E-state index contributed by atoms with van der Waals surface area (Å²) in [6.07, 6.45) is 1.13. The molecule has 0 aromatic heterocycles. The van der Waals surface area contributed by atoms with E-state index >= 15 is 0 Å². The number of carbonyl (C=O) groups excluding carboxylic acids is 1. The van der Waals surface area contributed by atoms with E-state index in [0.717, 1.165) is 24.1 Å². The summed E-state index contributed by atoms with van der Waals surface area (Å²) in [5.74, 6) is -0.0627. The van der Waals surface area contributed by atoms with Crippen LogP contribution in [-0.4, -0.2) is 23.7 Å². The molecule has 3 atom stereocenters. The lowest BCUT2D eigenvalue weighted by atomic mass is 9.98. The van der Waals surface area contributed by atoms with E-state index in [2.05, 4.69) is 5.32 Å². The average Bonchev–Trinajstić information content (AvgIpc) is 2.87. The number of rotatable bonds is 4. The minimum Gasteiger partial charge on any atom is -0.389 e. The molecule has 0 bridgehead atoms. The Morgan fingerprint density at radius 1 is 1.58 bits per heavy atom. The fourth-order valence-corrected chi connectivity index (χ4v) is 2.46. The molecule has 4 nitrogen and oxygen atoms in total. The first kappa shape index (κ1) is 14.0. The van der Waals surface area contributed by atoms with Crippen LogP contribution in [0.3, 0.4) is 0 Å². The van der Waals surface area contributed by atoms with Gasteiger partial charge in [-0.15, -0.1) is 0 Å². The van der Waals surface area contributed by atoms with Gasteiger partial charge in [-0.2, -0.15) is 0 Å². The van der Waals surface area contributed by atoms with Crippen LogP contribution < -0.4 is 5.32 Å². The van der Waals surface area contributed by atoms with Crippen LogP contribution in [0.2, 0.25) is 0 Å². The van der Waals surface area contributed by atoms with Crippen molar-refractivity contribution in [3.8, 4) is 0 Å². The number of hydrogen-bond acceptors (Lipinski definition) is 3. The predicted molar refractivity (Wildman–Crippen MR) is 73.8 cm³/mol. The first-order chi connectivity index (χ1) is 9.11. The minimum absolute atomic E-state index is 0.00657. The number of benzene rings is 1. The molecule has 0 saturated carbocycles. The third kappa shape index (κ3) is 3.33. The van der Waals surface area contributed by atoms with Gasteiger partial charge < -0.3 is 15.2 Å². The molecule has 1 aromatic carbocycles. The Bertz CT molecular complexity index is 445. The van der Waals surface area contributed by atoms with Gasteiger partial charge in [0, 0.05) is 12.3 Å². The van der Waals surface area contributed by atoms with Crippen molar-refractivity contribution in [2.75, 3.05) is 11.9 Å². The number of anilines is 1. The van der Waals surface area contributed by atoms with Gasteiger partial charge in [0.05, 0.1) is 18.1 Å². The summed E-state index contributed by atoms with van der Waals surface area (Å²) in [4.78, 5) is 12.2. The second kappa shape index (κ2) is 6.17. The Morgan fingerprint density at radius 3 is 3.05 bits per heavy atom. The first-order valence-corrected chi connectivity index (χ1v) is 6.82. The standard InChI is InChI=1S/C15H21NO3/c1-3-14-13(7-8-19-14)15(18)16-12-6-4-5-11(9-12)10(2)17/h4-6,9-10,13-14,17H,3,7-8H2,1-2H3,(H,16,18). The van der Waals surface area contributed by atoms with Crippen molar-refractivity contribution in [2.45, 2.75) is 38.9 Å². The van der Waals surface area contributed by atoms with E-state index in [4.69, 9.17) is 4.74 Å². The van der Waals surface area contributed by atoms with Gasteiger partial charge in [-0.3, -0.25) is 4.79 Å². The van der Waals surface area contributed by atoms with Gasteiger partial charge >= 0.3 is 0 Å². The summed E-state index contributed by atoms with van der Waals surface area (Å²) in [5, 5.41) is 12.5. The third-order valence-electron chi connectivity index (χ3n) is 3.59. The molecule has 4 heteroatoms. The van der Waals surface area contributed by atoms with E-state index in [-0.39, 0.29) is 17.9 Å². The highest BCUT2D eigenvalue weighted by molar-refractivity contribution is 5.93. The lowest BCUT2D eigenvalue weighted by Gasteiger charge is -2.17. The van der Waals surface area contributed by atoms with E-state index in [1.54, 1.807) is 13.0 Å². The smallest absolute Gasteiger partial charge is 0.230 e. The number of carbonyl (C=O) groups is 1. The van der Waals surface area contributed by atoms with Gasteiger partial charge in [-0.05, 0) is 37.5 Å². The normalized spacial score (nSPS) is 24.2. The Morgan fingerprint density at radius 2 is 2.37 bits per heavy atom. The van der Waals surface area contributed by atoms with Crippen LogP contribution in [0.5, 0.6) is 0 Å². The second-order valence-corrected chi connectivity index (χ2v) is 5.00. The molecule has 1 aliphatic heterocycles. The molecular formula is C15H21NO3. The molecule has 1 heterocycles. The molecule has 1 fully saturated rings. The van der Waals surface area contributed by atoms with Crippen molar-refractivity contribution in [3.05, 3.63) is 29.8 Å². The number of aliphatic hydroxyl groups is 1. The number of hydrogen-bond donors (Lipinski definition) is 2. The average molecular weight is 263 g/mol. The lowest BCUT2D eigenvalue weighted by Crippen LogP contribution is -2.29. The highest BCUT2D eigenvalue weighted by Crippen LogP contribution is 2.25. The zero-order valence-electron chi connectivity index (χ0n) is 11.4. The molecule has 104 valence electrons. The SMILES string of the molecule is CCC1OCCC1C(=O)Nc1cccc(C(C)O)c1. The zero-order valence-corrected chi connectivity index (χ0v) is 11.4. The summed E-state index contributed by atoms with van der Waals surface area (Å²) in [6, 6.07) is 7.31. The summed E-state index contributed by atoms with van der Waals surface area (Å²) >= 11 is 0. The van der Waals surface area contributed by atoms with Gasteiger partial charge in [0.1, 0.15) is 0 Å². The van der Waals surface area contributed by atoms with Crippen LogP contribution in [0.25, 0.3) is 0 Å². The van der Waals surface area contributed by atoms with Crippen LogP contribution in [0.4, 0.5) is 5.69 Å². The molecule has 1 saturated heterocycles. The Hall–Kier alpha value is -1.39. The molecule has 1 aliphatic rings. The van der Waals surface area contributed by atoms with Gasteiger partial charge in [0.25, 0.3) is 0 Å². The topological polar surface area (TPSA) is 58.6 Å². The fraction of sp³-hybridized carbons (Fsp3) is 0.533. The number of aliphatic hydroxyl groups excluding tert-OH is 1.